The standard InChI is InChI=1S/C13H16ClNO3S/c1-13(2,12(16)17-3)7-18-8-4-5-9(11(15)19)10(14)6-8/h4-6H,7H2,1-3H3,(H2,15,19). The van der Waals surface area contributed by atoms with Crippen molar-refractivity contribution >= 4 is 34.8 Å². The molecule has 1 aromatic rings. The van der Waals surface area contributed by atoms with E-state index in [9.17, 15) is 4.79 Å². The molecule has 0 aliphatic heterocycles. The van der Waals surface area contributed by atoms with E-state index in [1.54, 1.807) is 32.0 Å². The second-order valence-electron chi connectivity index (χ2n) is 4.67. The Morgan fingerprint density at radius 3 is 2.58 bits per heavy atom. The van der Waals surface area contributed by atoms with Gasteiger partial charge in [-0.1, -0.05) is 23.8 Å². The van der Waals surface area contributed by atoms with Gasteiger partial charge in [-0.3, -0.25) is 4.79 Å². The minimum Gasteiger partial charge on any atom is -0.492 e. The maximum atomic E-state index is 11.5. The molecule has 0 aliphatic carbocycles. The first-order valence-electron chi connectivity index (χ1n) is 5.58. The van der Waals surface area contributed by atoms with Crippen LogP contribution in [0.5, 0.6) is 5.75 Å². The van der Waals surface area contributed by atoms with Crippen LogP contribution in [0.1, 0.15) is 19.4 Å². The summed E-state index contributed by atoms with van der Waals surface area (Å²) in [5.74, 6) is 0.209. The summed E-state index contributed by atoms with van der Waals surface area (Å²) in [4.78, 5) is 11.7. The fourth-order valence-electron chi connectivity index (χ4n) is 1.38. The summed E-state index contributed by atoms with van der Waals surface area (Å²) in [5, 5.41) is 0.417. The van der Waals surface area contributed by atoms with Gasteiger partial charge in [-0.05, 0) is 32.0 Å². The van der Waals surface area contributed by atoms with Crippen molar-refractivity contribution in [1.82, 2.24) is 0 Å². The normalized spacial score (nSPS) is 10.9. The molecule has 2 N–H and O–H groups in total. The van der Waals surface area contributed by atoms with Crippen molar-refractivity contribution in [3.8, 4) is 5.75 Å². The molecule has 0 amide bonds. The number of benzene rings is 1. The molecular formula is C13H16ClNO3S. The summed E-state index contributed by atoms with van der Waals surface area (Å²) in [7, 11) is 1.35. The van der Waals surface area contributed by atoms with Gasteiger partial charge in [-0.25, -0.2) is 0 Å². The molecule has 0 unspecified atom stereocenters. The fourth-order valence-corrected chi connectivity index (χ4v) is 1.89. The average Bonchev–Trinajstić information content (AvgIpc) is 2.35. The minimum absolute atomic E-state index is 0.183. The Hall–Kier alpha value is -1.33. The topological polar surface area (TPSA) is 61.5 Å². The summed E-state index contributed by atoms with van der Waals surface area (Å²) in [6.45, 7) is 3.66. The van der Waals surface area contributed by atoms with E-state index in [0.29, 0.717) is 16.3 Å². The molecule has 0 saturated carbocycles. The summed E-state index contributed by atoms with van der Waals surface area (Å²) in [6.07, 6.45) is 0. The molecule has 19 heavy (non-hydrogen) atoms. The van der Waals surface area contributed by atoms with Crippen LogP contribution in [0.3, 0.4) is 0 Å². The number of methoxy groups -OCH3 is 1. The SMILES string of the molecule is COC(=O)C(C)(C)COc1ccc(C(N)=S)c(Cl)c1. The lowest BCUT2D eigenvalue weighted by Gasteiger charge is -2.21. The zero-order valence-corrected chi connectivity index (χ0v) is 12.6. The van der Waals surface area contributed by atoms with E-state index in [4.69, 9.17) is 39.0 Å². The molecule has 4 nitrogen and oxygen atoms in total. The highest BCUT2D eigenvalue weighted by molar-refractivity contribution is 7.80. The zero-order valence-electron chi connectivity index (χ0n) is 11.0. The Morgan fingerprint density at radius 2 is 2.11 bits per heavy atom. The molecule has 0 bridgehead atoms. The fraction of sp³-hybridized carbons (Fsp3) is 0.385. The molecule has 0 aromatic heterocycles. The number of carbonyl (C=O) groups is 1. The van der Waals surface area contributed by atoms with E-state index in [-0.39, 0.29) is 17.6 Å². The Kier molecular flexibility index (Phi) is 5.14. The highest BCUT2D eigenvalue weighted by Crippen LogP contribution is 2.25. The van der Waals surface area contributed by atoms with Crippen LogP contribution in [-0.4, -0.2) is 24.7 Å². The number of hydrogen-bond acceptors (Lipinski definition) is 4. The van der Waals surface area contributed by atoms with Crippen LogP contribution < -0.4 is 10.5 Å². The highest BCUT2D eigenvalue weighted by atomic mass is 35.5. The molecule has 1 rings (SSSR count). The van der Waals surface area contributed by atoms with Crippen molar-refractivity contribution in [2.75, 3.05) is 13.7 Å². The van der Waals surface area contributed by atoms with Gasteiger partial charge in [0.05, 0.1) is 17.5 Å². The van der Waals surface area contributed by atoms with Crippen LogP contribution in [0.15, 0.2) is 18.2 Å². The number of halogens is 1. The Labute approximate surface area is 122 Å². The number of nitrogens with two attached hydrogens (primary N) is 1. The number of ether oxygens (including phenoxy) is 2. The molecule has 1 aromatic carbocycles. The third-order valence-electron chi connectivity index (χ3n) is 2.54. The van der Waals surface area contributed by atoms with E-state index in [2.05, 4.69) is 0 Å². The van der Waals surface area contributed by atoms with Gasteiger partial charge in [0.25, 0.3) is 0 Å². The third-order valence-corrected chi connectivity index (χ3v) is 3.08. The maximum Gasteiger partial charge on any atom is 0.314 e. The van der Waals surface area contributed by atoms with Crippen molar-refractivity contribution in [3.05, 3.63) is 28.8 Å². The van der Waals surface area contributed by atoms with Crippen molar-refractivity contribution in [2.45, 2.75) is 13.8 Å². The smallest absolute Gasteiger partial charge is 0.314 e. The van der Waals surface area contributed by atoms with Crippen LogP contribution in [0.2, 0.25) is 5.02 Å². The van der Waals surface area contributed by atoms with E-state index in [1.165, 1.54) is 7.11 Å². The predicted molar refractivity (Wildman–Crippen MR) is 78.6 cm³/mol. The molecule has 0 saturated heterocycles. The van der Waals surface area contributed by atoms with Crippen LogP contribution in [-0.2, 0) is 9.53 Å². The molecule has 0 atom stereocenters. The number of hydrogen-bond donors (Lipinski definition) is 1. The lowest BCUT2D eigenvalue weighted by molar-refractivity contribution is -0.152. The van der Waals surface area contributed by atoms with Crippen molar-refractivity contribution < 1.29 is 14.3 Å². The Balaban J connectivity index is 2.77. The van der Waals surface area contributed by atoms with Crippen LogP contribution in [0.25, 0.3) is 0 Å². The molecule has 0 fully saturated rings. The van der Waals surface area contributed by atoms with Gasteiger partial charge in [0.15, 0.2) is 0 Å². The summed E-state index contributed by atoms with van der Waals surface area (Å²) >= 11 is 10.9. The van der Waals surface area contributed by atoms with Gasteiger partial charge in [0.1, 0.15) is 17.3 Å². The maximum absolute atomic E-state index is 11.5. The third kappa shape index (κ3) is 4.08. The Bertz CT molecular complexity index is 503. The summed E-state index contributed by atoms with van der Waals surface area (Å²) in [5.41, 5.74) is 5.37. The highest BCUT2D eigenvalue weighted by Gasteiger charge is 2.29. The lowest BCUT2D eigenvalue weighted by Crippen LogP contribution is -2.32. The monoisotopic (exact) mass is 301 g/mol. The van der Waals surface area contributed by atoms with Crippen LogP contribution >= 0.6 is 23.8 Å². The van der Waals surface area contributed by atoms with Crippen molar-refractivity contribution in [1.29, 1.82) is 0 Å². The predicted octanol–water partition coefficient (Wildman–Crippen LogP) is 2.55. The molecule has 0 spiro atoms. The first kappa shape index (κ1) is 15.7. The minimum atomic E-state index is -0.733. The van der Waals surface area contributed by atoms with Crippen LogP contribution in [0, 0.1) is 5.41 Å². The van der Waals surface area contributed by atoms with Crippen molar-refractivity contribution in [3.63, 3.8) is 0 Å². The van der Waals surface area contributed by atoms with E-state index in [1.807, 2.05) is 0 Å². The van der Waals surface area contributed by atoms with Gasteiger partial charge < -0.3 is 15.2 Å². The van der Waals surface area contributed by atoms with E-state index >= 15 is 0 Å². The summed E-state index contributed by atoms with van der Waals surface area (Å²) < 4.78 is 10.2. The van der Waals surface area contributed by atoms with Gasteiger partial charge in [-0.15, -0.1) is 0 Å². The van der Waals surface area contributed by atoms with Crippen molar-refractivity contribution in [2.24, 2.45) is 11.1 Å². The van der Waals surface area contributed by atoms with Crippen LogP contribution in [0.4, 0.5) is 0 Å². The van der Waals surface area contributed by atoms with E-state index in [0.717, 1.165) is 0 Å². The molecule has 6 heteroatoms. The van der Waals surface area contributed by atoms with Gasteiger partial charge >= 0.3 is 5.97 Å². The number of thiocarbonyl (C=S) groups is 1. The van der Waals surface area contributed by atoms with Gasteiger partial charge in [0, 0.05) is 5.56 Å². The second-order valence-corrected chi connectivity index (χ2v) is 5.52. The molecular weight excluding hydrogens is 286 g/mol. The largest absolute Gasteiger partial charge is 0.492 e. The first-order valence-corrected chi connectivity index (χ1v) is 6.37. The van der Waals surface area contributed by atoms with Gasteiger partial charge in [0.2, 0.25) is 0 Å². The molecule has 0 aliphatic rings. The number of rotatable bonds is 5. The zero-order chi connectivity index (χ0) is 14.6. The second kappa shape index (κ2) is 6.21. The number of esters is 1. The average molecular weight is 302 g/mol. The Morgan fingerprint density at radius 1 is 1.47 bits per heavy atom. The number of carbonyl (C=O) groups excluding carboxylic acids is 1. The molecule has 0 heterocycles. The quantitative estimate of drug-likeness (QED) is 0.669. The summed E-state index contributed by atoms with van der Waals surface area (Å²) in [6, 6.07) is 5.00. The molecule has 0 radical (unpaired) electrons. The lowest BCUT2D eigenvalue weighted by atomic mass is 9.95. The molecule has 104 valence electrons. The van der Waals surface area contributed by atoms with E-state index < -0.39 is 5.41 Å². The van der Waals surface area contributed by atoms with Gasteiger partial charge in [-0.2, -0.15) is 0 Å². The first-order chi connectivity index (χ1) is 8.77.